The van der Waals surface area contributed by atoms with Crippen molar-refractivity contribution < 1.29 is 23.8 Å². The molecule has 0 bridgehead atoms. The Morgan fingerprint density at radius 2 is 0.662 bits per heavy atom. The zero-order chi connectivity index (χ0) is 49.2. The molecule has 0 aliphatic carbocycles. The number of ether oxygens (including phenoxy) is 3. The van der Waals surface area contributed by atoms with Crippen LogP contribution in [0.4, 0.5) is 0 Å². The number of carbonyl (C=O) groups excluding carboxylic acids is 2. The van der Waals surface area contributed by atoms with E-state index in [9.17, 15) is 9.59 Å². The van der Waals surface area contributed by atoms with Crippen LogP contribution in [-0.4, -0.2) is 37.9 Å². The van der Waals surface area contributed by atoms with Crippen LogP contribution in [0.2, 0.25) is 0 Å². The molecule has 0 fully saturated rings. The summed E-state index contributed by atoms with van der Waals surface area (Å²) in [5, 5.41) is 0. The molecule has 0 rings (SSSR count). The minimum absolute atomic E-state index is 0.0701. The Bertz CT molecular complexity index is 1210. The van der Waals surface area contributed by atoms with Crippen molar-refractivity contribution in [1.82, 2.24) is 0 Å². The maximum Gasteiger partial charge on any atom is 0.306 e. The molecule has 0 heterocycles. The van der Waals surface area contributed by atoms with Gasteiger partial charge in [-0.15, -0.1) is 0 Å². The van der Waals surface area contributed by atoms with Gasteiger partial charge in [-0.3, -0.25) is 9.59 Å². The van der Waals surface area contributed by atoms with Crippen LogP contribution in [0.25, 0.3) is 0 Å². The van der Waals surface area contributed by atoms with Gasteiger partial charge in [-0.2, -0.15) is 0 Å². The molecular formula is C63H112O5. The molecule has 0 aliphatic rings. The third-order valence-electron chi connectivity index (χ3n) is 12.7. The minimum Gasteiger partial charge on any atom is -0.462 e. The van der Waals surface area contributed by atoms with E-state index in [1.807, 2.05) is 0 Å². The van der Waals surface area contributed by atoms with Crippen molar-refractivity contribution in [2.45, 2.75) is 297 Å². The van der Waals surface area contributed by atoms with Crippen LogP contribution in [-0.2, 0) is 23.8 Å². The SMILES string of the molecule is CC/C=C\C/C=C\C/C=C\CCCCCC(=O)OC(COCCCCCCCCCCCC/C=C\CCCCCCCC)COC(=O)CCCCCCCCCCC/C=C\C/C=C\CCCCC. The van der Waals surface area contributed by atoms with Gasteiger partial charge in [-0.25, -0.2) is 0 Å². The fourth-order valence-corrected chi connectivity index (χ4v) is 8.32. The number of allylic oxidation sites excluding steroid dienone is 12. The highest BCUT2D eigenvalue weighted by molar-refractivity contribution is 5.70. The van der Waals surface area contributed by atoms with Crippen molar-refractivity contribution in [2.75, 3.05) is 19.8 Å². The van der Waals surface area contributed by atoms with Crippen molar-refractivity contribution in [1.29, 1.82) is 0 Å². The second kappa shape index (κ2) is 58.7. The third-order valence-corrected chi connectivity index (χ3v) is 12.7. The van der Waals surface area contributed by atoms with E-state index in [2.05, 4.69) is 93.7 Å². The normalized spacial score (nSPS) is 12.7. The lowest BCUT2D eigenvalue weighted by Crippen LogP contribution is -2.30. The summed E-state index contributed by atoms with van der Waals surface area (Å²) in [6.07, 6.45) is 76.5. The Hall–Kier alpha value is -2.66. The van der Waals surface area contributed by atoms with Gasteiger partial charge in [-0.1, -0.05) is 241 Å². The molecule has 0 N–H and O–H groups in total. The number of hydrogen-bond acceptors (Lipinski definition) is 5. The molecule has 5 nitrogen and oxygen atoms in total. The molecule has 0 radical (unpaired) electrons. The highest BCUT2D eigenvalue weighted by Gasteiger charge is 2.17. The average Bonchev–Trinajstić information content (AvgIpc) is 3.34. The molecule has 1 atom stereocenters. The molecule has 5 heteroatoms. The molecule has 394 valence electrons. The fraction of sp³-hybridized carbons (Fsp3) is 0.778. The molecule has 0 aromatic carbocycles. The molecule has 1 unspecified atom stereocenters. The van der Waals surface area contributed by atoms with E-state index in [1.165, 1.54) is 180 Å². The zero-order valence-electron chi connectivity index (χ0n) is 45.4. The van der Waals surface area contributed by atoms with E-state index in [4.69, 9.17) is 14.2 Å². The van der Waals surface area contributed by atoms with Gasteiger partial charge >= 0.3 is 11.9 Å². The summed E-state index contributed by atoms with van der Waals surface area (Å²) in [6, 6.07) is 0. The summed E-state index contributed by atoms with van der Waals surface area (Å²) < 4.78 is 17.5. The molecule has 0 saturated heterocycles. The van der Waals surface area contributed by atoms with Crippen molar-refractivity contribution in [3.05, 3.63) is 72.9 Å². The Balaban J connectivity index is 4.25. The summed E-state index contributed by atoms with van der Waals surface area (Å²) in [5.74, 6) is -0.428. The first kappa shape index (κ1) is 65.3. The Kier molecular flexibility index (Phi) is 56.4. The maximum absolute atomic E-state index is 12.8. The van der Waals surface area contributed by atoms with Crippen LogP contribution >= 0.6 is 0 Å². The largest absolute Gasteiger partial charge is 0.462 e. The summed E-state index contributed by atoms with van der Waals surface area (Å²) >= 11 is 0. The number of carbonyl (C=O) groups is 2. The topological polar surface area (TPSA) is 61.8 Å². The van der Waals surface area contributed by atoms with E-state index in [-0.39, 0.29) is 25.2 Å². The van der Waals surface area contributed by atoms with Crippen LogP contribution in [0.15, 0.2) is 72.9 Å². The lowest BCUT2D eigenvalue weighted by atomic mass is 10.1. The number of hydrogen-bond donors (Lipinski definition) is 0. The second-order valence-electron chi connectivity index (χ2n) is 19.5. The molecule has 0 amide bonds. The fourth-order valence-electron chi connectivity index (χ4n) is 8.32. The smallest absolute Gasteiger partial charge is 0.306 e. The molecule has 0 saturated carbocycles. The molecule has 0 aromatic rings. The highest BCUT2D eigenvalue weighted by Crippen LogP contribution is 2.15. The van der Waals surface area contributed by atoms with Crippen molar-refractivity contribution in [2.24, 2.45) is 0 Å². The predicted molar refractivity (Wildman–Crippen MR) is 297 cm³/mol. The molecular weight excluding hydrogens is 837 g/mol. The van der Waals surface area contributed by atoms with Crippen LogP contribution in [0, 0.1) is 0 Å². The van der Waals surface area contributed by atoms with Gasteiger partial charge in [0.15, 0.2) is 6.10 Å². The van der Waals surface area contributed by atoms with Crippen molar-refractivity contribution in [3.8, 4) is 0 Å². The van der Waals surface area contributed by atoms with E-state index >= 15 is 0 Å². The second-order valence-corrected chi connectivity index (χ2v) is 19.5. The summed E-state index contributed by atoms with van der Waals surface area (Å²) in [4.78, 5) is 25.5. The van der Waals surface area contributed by atoms with Gasteiger partial charge in [0.25, 0.3) is 0 Å². The quantitative estimate of drug-likeness (QED) is 0.0345. The standard InChI is InChI=1S/C63H112O5/c1-4-7-10-13-16-19-22-25-27-29-31-33-35-37-40-43-46-49-52-55-58-66-59-61(68-63(65)57-54-51-48-45-42-38-24-21-18-15-12-9-6-3)60-67-62(64)56-53-50-47-44-41-39-36-34-32-30-28-26-23-20-17-14-11-8-5-2/h9,12,17-18,20-21,25-28,38,42,61H,4-8,10-11,13-16,19,22-24,29-37,39-41,43-60H2,1-3H3/b12-9-,20-17-,21-18-,27-25-,28-26-,42-38-. The predicted octanol–water partition coefficient (Wildman–Crippen LogP) is 20.2. The summed E-state index contributed by atoms with van der Waals surface area (Å²) in [7, 11) is 0. The first-order chi connectivity index (χ1) is 33.6. The van der Waals surface area contributed by atoms with Gasteiger partial charge in [0, 0.05) is 19.4 Å². The first-order valence-electron chi connectivity index (χ1n) is 29.5. The van der Waals surface area contributed by atoms with E-state index in [1.54, 1.807) is 0 Å². The van der Waals surface area contributed by atoms with Gasteiger partial charge in [0.2, 0.25) is 0 Å². The van der Waals surface area contributed by atoms with Crippen molar-refractivity contribution >= 4 is 11.9 Å². The monoisotopic (exact) mass is 949 g/mol. The number of unbranched alkanes of at least 4 members (excludes halogenated alkanes) is 31. The van der Waals surface area contributed by atoms with Crippen molar-refractivity contribution in [3.63, 3.8) is 0 Å². The summed E-state index contributed by atoms with van der Waals surface area (Å²) in [5.41, 5.74) is 0. The van der Waals surface area contributed by atoms with Gasteiger partial charge < -0.3 is 14.2 Å². The molecule has 0 spiro atoms. The maximum atomic E-state index is 12.8. The van der Waals surface area contributed by atoms with E-state index in [0.717, 1.165) is 77.0 Å². The van der Waals surface area contributed by atoms with Crippen LogP contribution in [0.3, 0.4) is 0 Å². The highest BCUT2D eigenvalue weighted by atomic mass is 16.6. The van der Waals surface area contributed by atoms with Gasteiger partial charge in [0.05, 0.1) is 6.61 Å². The lowest BCUT2D eigenvalue weighted by molar-refractivity contribution is -0.163. The third kappa shape index (κ3) is 55.9. The first-order valence-corrected chi connectivity index (χ1v) is 29.5. The van der Waals surface area contributed by atoms with Crippen LogP contribution < -0.4 is 0 Å². The minimum atomic E-state index is -0.556. The van der Waals surface area contributed by atoms with Crippen LogP contribution in [0.5, 0.6) is 0 Å². The Morgan fingerprint density at radius 1 is 0.338 bits per heavy atom. The van der Waals surface area contributed by atoms with Crippen LogP contribution in [0.1, 0.15) is 290 Å². The molecule has 0 aromatic heterocycles. The van der Waals surface area contributed by atoms with E-state index < -0.39 is 6.10 Å². The molecule has 0 aliphatic heterocycles. The van der Waals surface area contributed by atoms with E-state index in [0.29, 0.717) is 19.4 Å². The summed E-state index contributed by atoms with van der Waals surface area (Å²) in [6.45, 7) is 7.68. The number of esters is 2. The lowest BCUT2D eigenvalue weighted by Gasteiger charge is -2.18. The number of rotatable bonds is 54. The zero-order valence-corrected chi connectivity index (χ0v) is 45.4. The Labute approximate surface area is 423 Å². The Morgan fingerprint density at radius 3 is 1.12 bits per heavy atom. The van der Waals surface area contributed by atoms with Gasteiger partial charge in [0.1, 0.15) is 6.61 Å². The van der Waals surface area contributed by atoms with Gasteiger partial charge in [-0.05, 0) is 109 Å². The average molecular weight is 950 g/mol. The molecule has 68 heavy (non-hydrogen) atoms.